The van der Waals surface area contributed by atoms with Crippen LogP contribution < -0.4 is 5.32 Å². The summed E-state index contributed by atoms with van der Waals surface area (Å²) in [5.41, 5.74) is 1.89. The summed E-state index contributed by atoms with van der Waals surface area (Å²) < 4.78 is 5.84. The van der Waals surface area contributed by atoms with Gasteiger partial charge in [-0.05, 0) is 6.92 Å². The highest BCUT2D eigenvalue weighted by Crippen LogP contribution is 2.24. The number of benzene rings is 1. The number of oxazole rings is 1. The van der Waals surface area contributed by atoms with Gasteiger partial charge in [0.2, 0.25) is 5.91 Å². The van der Waals surface area contributed by atoms with Crippen molar-refractivity contribution in [2.24, 2.45) is 0 Å². The Labute approximate surface area is 130 Å². The molecule has 0 aliphatic carbocycles. The summed E-state index contributed by atoms with van der Waals surface area (Å²) in [6.07, 6.45) is 1.00. The number of piperazine rings is 1. The van der Waals surface area contributed by atoms with Crippen molar-refractivity contribution in [1.29, 1.82) is 0 Å². The molecular weight excluding hydrogens is 278 g/mol. The Morgan fingerprint density at radius 3 is 2.73 bits per heavy atom. The van der Waals surface area contributed by atoms with E-state index in [1.807, 2.05) is 42.2 Å². The van der Waals surface area contributed by atoms with Gasteiger partial charge in [-0.25, -0.2) is 4.98 Å². The fourth-order valence-corrected chi connectivity index (χ4v) is 2.70. The molecule has 0 radical (unpaired) electrons. The molecule has 1 aromatic carbocycles. The van der Waals surface area contributed by atoms with Crippen LogP contribution in [0, 0.1) is 6.92 Å². The molecule has 1 aliphatic heterocycles. The van der Waals surface area contributed by atoms with E-state index in [1.54, 1.807) is 0 Å². The van der Waals surface area contributed by atoms with Crippen molar-refractivity contribution in [3.8, 4) is 11.3 Å². The van der Waals surface area contributed by atoms with Crippen LogP contribution in [0.15, 0.2) is 34.7 Å². The molecule has 1 aromatic heterocycles. The van der Waals surface area contributed by atoms with E-state index in [1.165, 1.54) is 0 Å². The number of aryl methyl sites for hydroxylation is 2. The molecule has 0 saturated carbocycles. The van der Waals surface area contributed by atoms with Crippen LogP contribution in [0.4, 0.5) is 0 Å². The zero-order valence-electron chi connectivity index (χ0n) is 12.8. The molecule has 1 fully saturated rings. The van der Waals surface area contributed by atoms with E-state index < -0.39 is 0 Å². The van der Waals surface area contributed by atoms with E-state index in [0.29, 0.717) is 18.7 Å². The fourth-order valence-electron chi connectivity index (χ4n) is 2.70. The number of nitrogens with zero attached hydrogens (tertiary/aromatic N) is 2. The highest BCUT2D eigenvalue weighted by molar-refractivity contribution is 5.76. The topological polar surface area (TPSA) is 58.4 Å². The van der Waals surface area contributed by atoms with Crippen LogP contribution in [-0.2, 0) is 11.2 Å². The molecule has 5 nitrogen and oxygen atoms in total. The maximum Gasteiger partial charge on any atom is 0.223 e. The number of carbonyl (C=O) groups is 1. The van der Waals surface area contributed by atoms with Crippen molar-refractivity contribution in [2.75, 3.05) is 26.2 Å². The minimum absolute atomic E-state index is 0.179. The molecule has 2 heterocycles. The summed E-state index contributed by atoms with van der Waals surface area (Å²) in [6.45, 7) is 5.27. The predicted molar refractivity (Wildman–Crippen MR) is 84.4 cm³/mol. The van der Waals surface area contributed by atoms with Gasteiger partial charge in [-0.1, -0.05) is 30.3 Å². The number of carbonyl (C=O) groups excluding carboxylic acids is 1. The van der Waals surface area contributed by atoms with Crippen LogP contribution >= 0.6 is 0 Å². The Balaban J connectivity index is 1.63. The van der Waals surface area contributed by atoms with Crippen LogP contribution in [0.3, 0.4) is 0 Å². The quantitative estimate of drug-likeness (QED) is 0.938. The number of hydrogen-bond donors (Lipinski definition) is 1. The first kappa shape index (κ1) is 14.8. The van der Waals surface area contributed by atoms with Gasteiger partial charge in [0.1, 0.15) is 0 Å². The van der Waals surface area contributed by atoms with Gasteiger partial charge in [-0.15, -0.1) is 0 Å². The summed E-state index contributed by atoms with van der Waals surface area (Å²) in [5.74, 6) is 1.61. The van der Waals surface area contributed by atoms with E-state index in [0.717, 1.165) is 43.2 Å². The molecule has 0 atom stereocenters. The maximum absolute atomic E-state index is 12.2. The molecule has 1 aliphatic rings. The standard InChI is InChI=1S/C17H21N3O2/c1-13-17(14-5-3-2-4-6-14)22-15(19-13)7-8-16(21)20-11-9-18-10-12-20/h2-6,18H,7-12H2,1H3. The van der Waals surface area contributed by atoms with Crippen LogP contribution in [-0.4, -0.2) is 42.0 Å². The molecule has 5 heteroatoms. The molecule has 0 bridgehead atoms. The number of hydrogen-bond acceptors (Lipinski definition) is 4. The first-order valence-corrected chi connectivity index (χ1v) is 7.74. The van der Waals surface area contributed by atoms with E-state index in [2.05, 4.69) is 10.3 Å². The highest BCUT2D eigenvalue weighted by atomic mass is 16.4. The number of amides is 1. The molecule has 3 rings (SSSR count). The lowest BCUT2D eigenvalue weighted by atomic mass is 10.1. The van der Waals surface area contributed by atoms with Gasteiger partial charge in [0.05, 0.1) is 5.69 Å². The van der Waals surface area contributed by atoms with Crippen LogP contribution in [0.2, 0.25) is 0 Å². The third-order valence-corrected chi connectivity index (χ3v) is 3.90. The largest absolute Gasteiger partial charge is 0.440 e. The predicted octanol–water partition coefficient (Wildman–Crippen LogP) is 2.01. The van der Waals surface area contributed by atoms with Gasteiger partial charge in [-0.3, -0.25) is 4.79 Å². The SMILES string of the molecule is Cc1nc(CCC(=O)N2CCNCC2)oc1-c1ccccc1. The monoisotopic (exact) mass is 299 g/mol. The first-order chi connectivity index (χ1) is 10.7. The van der Waals surface area contributed by atoms with Gasteiger partial charge in [0.25, 0.3) is 0 Å². The van der Waals surface area contributed by atoms with Crippen LogP contribution in [0.1, 0.15) is 18.0 Å². The Bertz CT molecular complexity index is 631. The Hall–Kier alpha value is -2.14. The molecule has 116 valence electrons. The molecule has 1 amide bonds. The fraction of sp³-hybridized carbons (Fsp3) is 0.412. The van der Waals surface area contributed by atoms with E-state index in [9.17, 15) is 4.79 Å². The summed E-state index contributed by atoms with van der Waals surface area (Å²) in [6, 6.07) is 9.93. The molecule has 22 heavy (non-hydrogen) atoms. The second-order valence-electron chi connectivity index (χ2n) is 5.52. The summed E-state index contributed by atoms with van der Waals surface area (Å²) in [7, 11) is 0. The number of aromatic nitrogens is 1. The lowest BCUT2D eigenvalue weighted by Gasteiger charge is -2.27. The van der Waals surface area contributed by atoms with Crippen LogP contribution in [0.5, 0.6) is 0 Å². The van der Waals surface area contributed by atoms with Gasteiger partial charge in [0.15, 0.2) is 11.7 Å². The minimum Gasteiger partial charge on any atom is -0.440 e. The average molecular weight is 299 g/mol. The zero-order valence-corrected chi connectivity index (χ0v) is 12.8. The summed E-state index contributed by atoms with van der Waals surface area (Å²) in [5, 5.41) is 3.25. The second kappa shape index (κ2) is 6.75. The molecular formula is C17H21N3O2. The smallest absolute Gasteiger partial charge is 0.223 e. The summed E-state index contributed by atoms with van der Waals surface area (Å²) in [4.78, 5) is 18.5. The van der Waals surface area contributed by atoms with E-state index in [4.69, 9.17) is 4.42 Å². The minimum atomic E-state index is 0.179. The Morgan fingerprint density at radius 2 is 2.00 bits per heavy atom. The third-order valence-electron chi connectivity index (χ3n) is 3.90. The zero-order chi connectivity index (χ0) is 15.4. The van der Waals surface area contributed by atoms with Crippen molar-refractivity contribution >= 4 is 5.91 Å². The number of nitrogens with one attached hydrogen (secondary N) is 1. The first-order valence-electron chi connectivity index (χ1n) is 7.74. The van der Waals surface area contributed by atoms with Crippen molar-refractivity contribution in [2.45, 2.75) is 19.8 Å². The number of rotatable bonds is 4. The lowest BCUT2D eigenvalue weighted by Crippen LogP contribution is -2.46. The van der Waals surface area contributed by atoms with Crippen molar-refractivity contribution < 1.29 is 9.21 Å². The normalized spacial score (nSPS) is 15.0. The molecule has 1 saturated heterocycles. The van der Waals surface area contributed by atoms with Crippen LogP contribution in [0.25, 0.3) is 11.3 Å². The van der Waals surface area contributed by atoms with E-state index in [-0.39, 0.29) is 5.91 Å². The van der Waals surface area contributed by atoms with Gasteiger partial charge < -0.3 is 14.6 Å². The highest BCUT2D eigenvalue weighted by Gasteiger charge is 2.18. The van der Waals surface area contributed by atoms with E-state index >= 15 is 0 Å². The molecule has 2 aromatic rings. The Morgan fingerprint density at radius 1 is 1.27 bits per heavy atom. The van der Waals surface area contributed by atoms with Crippen molar-refractivity contribution in [3.05, 3.63) is 41.9 Å². The lowest BCUT2D eigenvalue weighted by molar-refractivity contribution is -0.131. The molecule has 1 N–H and O–H groups in total. The van der Waals surface area contributed by atoms with Crippen molar-refractivity contribution in [1.82, 2.24) is 15.2 Å². The average Bonchev–Trinajstić information content (AvgIpc) is 2.95. The molecule has 0 unspecified atom stereocenters. The Kier molecular flexibility index (Phi) is 4.53. The molecule has 0 spiro atoms. The maximum atomic E-state index is 12.2. The van der Waals surface area contributed by atoms with Gasteiger partial charge in [-0.2, -0.15) is 0 Å². The summed E-state index contributed by atoms with van der Waals surface area (Å²) >= 11 is 0. The van der Waals surface area contributed by atoms with Gasteiger partial charge in [0, 0.05) is 44.6 Å². The van der Waals surface area contributed by atoms with Crippen molar-refractivity contribution in [3.63, 3.8) is 0 Å². The van der Waals surface area contributed by atoms with Gasteiger partial charge >= 0.3 is 0 Å². The third kappa shape index (κ3) is 3.36. The second-order valence-corrected chi connectivity index (χ2v) is 5.52.